The van der Waals surface area contributed by atoms with Crippen molar-refractivity contribution in [3.63, 3.8) is 0 Å². The van der Waals surface area contributed by atoms with Crippen LogP contribution in [0.25, 0.3) is 0 Å². The SMILES string of the molecule is COC(=O)c1ccsc1C(C)(C)C. The number of methoxy groups -OCH3 is 1. The summed E-state index contributed by atoms with van der Waals surface area (Å²) in [4.78, 5) is 12.4. The van der Waals surface area contributed by atoms with Crippen molar-refractivity contribution in [1.29, 1.82) is 0 Å². The summed E-state index contributed by atoms with van der Waals surface area (Å²) < 4.78 is 4.70. The second kappa shape index (κ2) is 3.50. The van der Waals surface area contributed by atoms with E-state index in [2.05, 4.69) is 20.8 Å². The van der Waals surface area contributed by atoms with Gasteiger partial charge in [0.05, 0.1) is 12.7 Å². The highest BCUT2D eigenvalue weighted by Gasteiger charge is 2.23. The van der Waals surface area contributed by atoms with Crippen molar-refractivity contribution in [3.8, 4) is 0 Å². The minimum absolute atomic E-state index is 0.0116. The quantitative estimate of drug-likeness (QED) is 0.649. The molecule has 3 heteroatoms. The zero-order valence-electron chi connectivity index (χ0n) is 8.38. The molecule has 0 aromatic carbocycles. The van der Waals surface area contributed by atoms with Crippen LogP contribution < -0.4 is 0 Å². The molecule has 0 amide bonds. The molecule has 0 bridgehead atoms. The first-order valence-electron chi connectivity index (χ1n) is 4.13. The highest BCUT2D eigenvalue weighted by Crippen LogP contribution is 2.31. The normalized spacial score (nSPS) is 11.4. The molecule has 0 spiro atoms. The van der Waals surface area contributed by atoms with Crippen molar-refractivity contribution >= 4 is 17.3 Å². The van der Waals surface area contributed by atoms with Gasteiger partial charge in [-0.25, -0.2) is 4.79 Å². The van der Waals surface area contributed by atoms with Gasteiger partial charge in [0.25, 0.3) is 0 Å². The Balaban J connectivity index is 3.10. The molecule has 0 saturated carbocycles. The lowest BCUT2D eigenvalue weighted by atomic mass is 9.92. The van der Waals surface area contributed by atoms with Gasteiger partial charge in [0.1, 0.15) is 0 Å². The van der Waals surface area contributed by atoms with Gasteiger partial charge < -0.3 is 4.74 Å². The lowest BCUT2D eigenvalue weighted by Gasteiger charge is -2.17. The molecule has 0 N–H and O–H groups in total. The van der Waals surface area contributed by atoms with Gasteiger partial charge in [-0.2, -0.15) is 0 Å². The smallest absolute Gasteiger partial charge is 0.339 e. The van der Waals surface area contributed by atoms with Gasteiger partial charge in [0, 0.05) is 4.88 Å². The van der Waals surface area contributed by atoms with Crippen LogP contribution in [-0.4, -0.2) is 13.1 Å². The van der Waals surface area contributed by atoms with Gasteiger partial charge in [-0.05, 0) is 16.9 Å². The van der Waals surface area contributed by atoms with Crippen LogP contribution in [0.5, 0.6) is 0 Å². The third-order valence-corrected chi connectivity index (χ3v) is 3.09. The fraction of sp³-hybridized carbons (Fsp3) is 0.500. The van der Waals surface area contributed by atoms with Crippen LogP contribution >= 0.6 is 11.3 Å². The molecule has 1 rings (SSSR count). The second-order valence-corrected chi connectivity index (χ2v) is 4.82. The maximum atomic E-state index is 11.3. The Kier molecular flexibility index (Phi) is 2.76. The van der Waals surface area contributed by atoms with E-state index >= 15 is 0 Å². The van der Waals surface area contributed by atoms with Crippen molar-refractivity contribution in [2.24, 2.45) is 0 Å². The summed E-state index contributed by atoms with van der Waals surface area (Å²) in [6.45, 7) is 6.27. The van der Waals surface area contributed by atoms with Gasteiger partial charge >= 0.3 is 5.97 Å². The first kappa shape index (κ1) is 10.3. The molecule has 0 aliphatic rings. The first-order valence-corrected chi connectivity index (χ1v) is 5.01. The molecule has 0 radical (unpaired) electrons. The lowest BCUT2D eigenvalue weighted by molar-refractivity contribution is 0.0599. The molecular weight excluding hydrogens is 184 g/mol. The van der Waals surface area contributed by atoms with Gasteiger partial charge in [0.2, 0.25) is 0 Å². The van der Waals surface area contributed by atoms with E-state index in [1.54, 1.807) is 11.3 Å². The number of carbonyl (C=O) groups excluding carboxylic acids is 1. The summed E-state index contributed by atoms with van der Waals surface area (Å²) >= 11 is 1.60. The lowest BCUT2D eigenvalue weighted by Crippen LogP contribution is -2.14. The fourth-order valence-corrected chi connectivity index (χ4v) is 2.13. The molecule has 0 aliphatic heterocycles. The summed E-state index contributed by atoms with van der Waals surface area (Å²) in [5, 5.41) is 1.92. The Bertz CT molecular complexity index is 307. The van der Waals surface area contributed by atoms with Crippen LogP contribution in [0.1, 0.15) is 36.0 Å². The van der Waals surface area contributed by atoms with Crippen molar-refractivity contribution in [2.45, 2.75) is 26.2 Å². The van der Waals surface area contributed by atoms with Crippen LogP contribution in [0.15, 0.2) is 11.4 Å². The predicted molar refractivity (Wildman–Crippen MR) is 54.4 cm³/mol. The number of hydrogen-bond donors (Lipinski definition) is 0. The number of ether oxygens (including phenoxy) is 1. The van der Waals surface area contributed by atoms with E-state index in [4.69, 9.17) is 4.74 Å². The summed E-state index contributed by atoms with van der Waals surface area (Å²) in [5.41, 5.74) is 0.706. The number of carbonyl (C=O) groups is 1. The standard InChI is InChI=1S/C10H14O2S/c1-10(2,3)8-7(5-6-13-8)9(11)12-4/h5-6H,1-4H3. The monoisotopic (exact) mass is 198 g/mol. The Morgan fingerprint density at radius 3 is 2.54 bits per heavy atom. The zero-order chi connectivity index (χ0) is 10.1. The van der Waals surface area contributed by atoms with Gasteiger partial charge in [0.15, 0.2) is 0 Å². The van der Waals surface area contributed by atoms with Crippen LogP contribution in [0.3, 0.4) is 0 Å². The van der Waals surface area contributed by atoms with E-state index in [-0.39, 0.29) is 11.4 Å². The van der Waals surface area contributed by atoms with Crippen LogP contribution in [0.4, 0.5) is 0 Å². The molecule has 2 nitrogen and oxygen atoms in total. The average molecular weight is 198 g/mol. The van der Waals surface area contributed by atoms with Crippen LogP contribution in [-0.2, 0) is 10.2 Å². The van der Waals surface area contributed by atoms with E-state index in [1.165, 1.54) is 7.11 Å². The maximum absolute atomic E-state index is 11.3. The van der Waals surface area contributed by atoms with Crippen LogP contribution in [0, 0.1) is 0 Å². The summed E-state index contributed by atoms with van der Waals surface area (Å²) in [5.74, 6) is -0.244. The van der Waals surface area contributed by atoms with Crippen LogP contribution in [0.2, 0.25) is 0 Å². The Morgan fingerprint density at radius 1 is 1.46 bits per heavy atom. The number of esters is 1. The molecular formula is C10H14O2S. The first-order chi connectivity index (χ1) is 5.96. The highest BCUT2D eigenvalue weighted by atomic mass is 32.1. The van der Waals surface area contributed by atoms with Gasteiger partial charge in [-0.1, -0.05) is 20.8 Å². The third-order valence-electron chi connectivity index (χ3n) is 1.75. The highest BCUT2D eigenvalue weighted by molar-refractivity contribution is 7.10. The third kappa shape index (κ3) is 2.10. The second-order valence-electron chi connectivity index (χ2n) is 3.90. The molecule has 0 fully saturated rings. The molecule has 72 valence electrons. The van der Waals surface area contributed by atoms with Crippen molar-refractivity contribution in [1.82, 2.24) is 0 Å². The van der Waals surface area contributed by atoms with Crippen molar-refractivity contribution in [3.05, 3.63) is 21.9 Å². The number of rotatable bonds is 1. The van der Waals surface area contributed by atoms with E-state index in [1.807, 2.05) is 11.4 Å². The average Bonchev–Trinajstić information content (AvgIpc) is 2.49. The minimum Gasteiger partial charge on any atom is -0.465 e. The van der Waals surface area contributed by atoms with Crippen molar-refractivity contribution in [2.75, 3.05) is 7.11 Å². The summed E-state index contributed by atoms with van der Waals surface area (Å²) in [6, 6.07) is 1.82. The maximum Gasteiger partial charge on any atom is 0.339 e. The van der Waals surface area contributed by atoms with E-state index < -0.39 is 0 Å². The Labute approximate surface area is 82.5 Å². The molecule has 13 heavy (non-hydrogen) atoms. The minimum atomic E-state index is -0.244. The molecule has 0 saturated heterocycles. The molecule has 0 unspecified atom stereocenters. The number of thiophene rings is 1. The molecule has 0 atom stereocenters. The van der Waals surface area contributed by atoms with E-state index in [9.17, 15) is 4.79 Å². The van der Waals surface area contributed by atoms with Gasteiger partial charge in [-0.15, -0.1) is 11.3 Å². The predicted octanol–water partition coefficient (Wildman–Crippen LogP) is 2.83. The molecule has 1 aromatic heterocycles. The fourth-order valence-electron chi connectivity index (χ4n) is 1.16. The van der Waals surface area contributed by atoms with E-state index in [0.29, 0.717) is 5.56 Å². The largest absolute Gasteiger partial charge is 0.465 e. The summed E-state index contributed by atoms with van der Waals surface area (Å²) in [6.07, 6.45) is 0. The summed E-state index contributed by atoms with van der Waals surface area (Å²) in [7, 11) is 1.41. The molecule has 1 aromatic rings. The molecule has 0 aliphatic carbocycles. The van der Waals surface area contributed by atoms with Crippen molar-refractivity contribution < 1.29 is 9.53 Å². The number of hydrogen-bond acceptors (Lipinski definition) is 3. The Morgan fingerprint density at radius 2 is 2.08 bits per heavy atom. The van der Waals surface area contributed by atoms with Gasteiger partial charge in [-0.3, -0.25) is 0 Å². The molecule has 1 heterocycles. The van der Waals surface area contributed by atoms with E-state index in [0.717, 1.165) is 4.88 Å². The topological polar surface area (TPSA) is 26.3 Å². The Hall–Kier alpha value is -0.830. The zero-order valence-corrected chi connectivity index (χ0v) is 9.20.